The molecule has 172 valence electrons. The molecule has 8 nitrogen and oxygen atoms in total. The molecule has 0 atom stereocenters. The molecule has 0 aliphatic rings. The molecule has 12 heteroatoms. The second kappa shape index (κ2) is 8.50. The van der Waals surface area contributed by atoms with Crippen LogP contribution >= 0.6 is 15.9 Å². The van der Waals surface area contributed by atoms with Crippen LogP contribution in [0.5, 0.6) is 5.75 Å². The Hall–Kier alpha value is -3.41. The van der Waals surface area contributed by atoms with E-state index >= 15 is 0 Å². The van der Waals surface area contributed by atoms with E-state index in [4.69, 9.17) is 4.74 Å². The molecule has 1 amide bonds. The molecule has 4 aromatic rings. The molecule has 0 saturated heterocycles. The Balaban J connectivity index is 1.74. The zero-order chi connectivity index (χ0) is 23.9. The molecule has 0 aliphatic carbocycles. The van der Waals surface area contributed by atoms with E-state index in [1.54, 1.807) is 42.2 Å². The Morgan fingerprint density at radius 2 is 1.91 bits per heavy atom. The van der Waals surface area contributed by atoms with Gasteiger partial charge in [-0.15, -0.1) is 0 Å². The van der Waals surface area contributed by atoms with Gasteiger partial charge in [0, 0.05) is 25.7 Å². The number of aryl methyl sites for hydroxylation is 1. The van der Waals surface area contributed by atoms with Crippen LogP contribution in [0.2, 0.25) is 0 Å². The second-order valence-electron chi connectivity index (χ2n) is 7.28. The lowest BCUT2D eigenvalue weighted by Crippen LogP contribution is -2.28. The Morgan fingerprint density at radius 1 is 1.21 bits per heavy atom. The highest BCUT2D eigenvalue weighted by atomic mass is 79.9. The Kier molecular flexibility index (Phi) is 5.87. The number of halogens is 4. The van der Waals surface area contributed by atoms with Crippen molar-refractivity contribution in [2.24, 2.45) is 7.05 Å². The maximum Gasteiger partial charge on any atom is 0.433 e. The maximum atomic E-state index is 13.8. The summed E-state index contributed by atoms with van der Waals surface area (Å²) in [5.74, 6) is 0.0175. The third-order valence-corrected chi connectivity index (χ3v) is 5.73. The number of carbonyl (C=O) groups excluding carboxylic acids is 1. The summed E-state index contributed by atoms with van der Waals surface area (Å²) in [6.07, 6.45) is -3.11. The number of methoxy groups -OCH3 is 1. The summed E-state index contributed by atoms with van der Waals surface area (Å²) in [6, 6.07) is 8.64. The fraction of sp³-hybridized carbons (Fsp3) is 0.238. The average molecular weight is 523 g/mol. The molecule has 0 saturated carbocycles. The van der Waals surface area contributed by atoms with Gasteiger partial charge >= 0.3 is 6.18 Å². The molecule has 0 spiro atoms. The number of fused-ring (bicyclic) bond motifs is 1. The minimum Gasteiger partial charge on any atom is -0.497 e. The first-order valence-corrected chi connectivity index (χ1v) is 10.4. The number of alkyl halides is 3. The van der Waals surface area contributed by atoms with Crippen molar-refractivity contribution in [3.8, 4) is 17.0 Å². The number of carbonyl (C=O) groups is 1. The van der Waals surface area contributed by atoms with Gasteiger partial charge in [0.15, 0.2) is 17.0 Å². The highest BCUT2D eigenvalue weighted by molar-refractivity contribution is 9.10. The van der Waals surface area contributed by atoms with Gasteiger partial charge < -0.3 is 9.64 Å². The first-order valence-electron chi connectivity index (χ1n) is 9.62. The van der Waals surface area contributed by atoms with Crippen molar-refractivity contribution in [3.05, 3.63) is 64.1 Å². The van der Waals surface area contributed by atoms with Gasteiger partial charge in [-0.2, -0.15) is 23.4 Å². The standard InChI is InChI=1S/C21H18BrF3N6O2/c1-29(11-17-14(22)10-26-30(17)2)20(32)16-9-19-27-15(12-4-6-13(33-3)7-5-12)8-18(21(23,24)25)31(19)28-16/h4-10H,11H2,1-3H3. The third kappa shape index (κ3) is 4.42. The summed E-state index contributed by atoms with van der Waals surface area (Å²) in [5.41, 5.74) is 0.0225. The van der Waals surface area contributed by atoms with Crippen molar-refractivity contribution in [3.63, 3.8) is 0 Å². The van der Waals surface area contributed by atoms with Gasteiger partial charge in [-0.1, -0.05) is 0 Å². The predicted octanol–water partition coefficient (Wildman–Crippen LogP) is 4.19. The van der Waals surface area contributed by atoms with Crippen molar-refractivity contribution < 1.29 is 22.7 Å². The number of amides is 1. The van der Waals surface area contributed by atoms with E-state index in [2.05, 4.69) is 31.1 Å². The fourth-order valence-electron chi connectivity index (χ4n) is 3.30. The van der Waals surface area contributed by atoms with E-state index in [1.165, 1.54) is 25.1 Å². The second-order valence-corrected chi connectivity index (χ2v) is 8.13. The van der Waals surface area contributed by atoms with E-state index < -0.39 is 17.8 Å². The smallest absolute Gasteiger partial charge is 0.433 e. The predicted molar refractivity (Wildman–Crippen MR) is 117 cm³/mol. The van der Waals surface area contributed by atoms with Gasteiger partial charge in [0.05, 0.1) is 35.7 Å². The van der Waals surface area contributed by atoms with Crippen molar-refractivity contribution in [2.45, 2.75) is 12.7 Å². The van der Waals surface area contributed by atoms with Gasteiger partial charge in [0.2, 0.25) is 0 Å². The van der Waals surface area contributed by atoms with Crippen LogP contribution in [0.4, 0.5) is 13.2 Å². The van der Waals surface area contributed by atoms with E-state index in [1.807, 2.05) is 0 Å². The van der Waals surface area contributed by atoms with E-state index in [0.717, 1.165) is 11.8 Å². The lowest BCUT2D eigenvalue weighted by molar-refractivity contribution is -0.142. The lowest BCUT2D eigenvalue weighted by Gasteiger charge is -2.16. The van der Waals surface area contributed by atoms with E-state index in [-0.39, 0.29) is 23.6 Å². The van der Waals surface area contributed by atoms with Crippen LogP contribution in [0.15, 0.2) is 47.1 Å². The molecule has 0 N–H and O–H groups in total. The fourth-order valence-corrected chi connectivity index (χ4v) is 3.77. The molecule has 33 heavy (non-hydrogen) atoms. The zero-order valence-corrected chi connectivity index (χ0v) is 19.3. The number of nitrogens with zero attached hydrogens (tertiary/aromatic N) is 6. The minimum absolute atomic E-state index is 0.0888. The Bertz CT molecular complexity index is 1310. The molecule has 3 heterocycles. The number of hydrogen-bond acceptors (Lipinski definition) is 5. The molecule has 4 rings (SSSR count). The number of aromatic nitrogens is 5. The van der Waals surface area contributed by atoms with Crippen LogP contribution in [-0.4, -0.2) is 49.3 Å². The number of hydrogen-bond donors (Lipinski definition) is 0. The highest BCUT2D eigenvalue weighted by Crippen LogP contribution is 2.33. The Morgan fingerprint density at radius 3 is 2.48 bits per heavy atom. The van der Waals surface area contributed by atoms with Crippen LogP contribution in [0.25, 0.3) is 16.9 Å². The minimum atomic E-state index is -4.71. The first-order chi connectivity index (χ1) is 15.6. The molecule has 0 unspecified atom stereocenters. The van der Waals surface area contributed by atoms with Crippen molar-refractivity contribution >= 4 is 27.5 Å². The maximum absolute atomic E-state index is 13.8. The number of ether oxygens (including phenoxy) is 1. The van der Waals surface area contributed by atoms with E-state index in [9.17, 15) is 18.0 Å². The van der Waals surface area contributed by atoms with Crippen LogP contribution in [0.1, 0.15) is 21.9 Å². The van der Waals surface area contributed by atoms with Gasteiger partial charge in [-0.05, 0) is 46.3 Å². The van der Waals surface area contributed by atoms with Crippen LogP contribution in [0.3, 0.4) is 0 Å². The summed E-state index contributed by atoms with van der Waals surface area (Å²) >= 11 is 3.37. The molecule has 3 aromatic heterocycles. The highest BCUT2D eigenvalue weighted by Gasteiger charge is 2.36. The molecule has 0 aliphatic heterocycles. The summed E-state index contributed by atoms with van der Waals surface area (Å²) in [5, 5.41) is 8.02. The van der Waals surface area contributed by atoms with Crippen molar-refractivity contribution in [1.82, 2.24) is 29.3 Å². The van der Waals surface area contributed by atoms with Crippen molar-refractivity contribution in [2.75, 3.05) is 14.2 Å². The van der Waals surface area contributed by atoms with Gasteiger partial charge in [-0.25, -0.2) is 9.50 Å². The zero-order valence-electron chi connectivity index (χ0n) is 17.8. The molecule has 1 aromatic carbocycles. The molecular weight excluding hydrogens is 505 g/mol. The van der Waals surface area contributed by atoms with E-state index in [0.29, 0.717) is 20.3 Å². The summed E-state index contributed by atoms with van der Waals surface area (Å²) in [4.78, 5) is 18.6. The molecular formula is C21H18BrF3N6O2. The topological polar surface area (TPSA) is 77.5 Å². The van der Waals surface area contributed by atoms with Crippen molar-refractivity contribution in [1.29, 1.82) is 0 Å². The number of rotatable bonds is 5. The van der Waals surface area contributed by atoms with Gasteiger partial charge in [0.1, 0.15) is 5.75 Å². The Labute approximate surface area is 194 Å². The number of benzene rings is 1. The van der Waals surface area contributed by atoms with Gasteiger partial charge in [-0.3, -0.25) is 9.48 Å². The quantitative estimate of drug-likeness (QED) is 0.392. The lowest BCUT2D eigenvalue weighted by atomic mass is 10.1. The first kappa shape index (κ1) is 22.8. The summed E-state index contributed by atoms with van der Waals surface area (Å²) in [6.45, 7) is 0.181. The summed E-state index contributed by atoms with van der Waals surface area (Å²) in [7, 11) is 4.76. The average Bonchev–Trinajstić information content (AvgIpc) is 3.35. The SMILES string of the molecule is COc1ccc(-c2cc(C(F)(F)F)n3nc(C(=O)N(C)Cc4c(Br)cnn4C)cc3n2)cc1. The van der Waals surface area contributed by atoms with Crippen LogP contribution in [0, 0.1) is 0 Å². The summed E-state index contributed by atoms with van der Waals surface area (Å²) < 4.78 is 49.5. The van der Waals surface area contributed by atoms with Gasteiger partial charge in [0.25, 0.3) is 5.91 Å². The molecule has 0 bridgehead atoms. The van der Waals surface area contributed by atoms with Crippen LogP contribution < -0.4 is 4.74 Å². The normalized spacial score (nSPS) is 11.7. The third-order valence-electron chi connectivity index (χ3n) is 5.07. The monoisotopic (exact) mass is 522 g/mol. The largest absolute Gasteiger partial charge is 0.497 e. The molecule has 0 fully saturated rings. The molecule has 0 radical (unpaired) electrons. The van der Waals surface area contributed by atoms with Crippen LogP contribution in [-0.2, 0) is 19.8 Å².